The third kappa shape index (κ3) is 2.85. The molecule has 2 aromatic carbocycles. The van der Waals surface area contributed by atoms with Crippen LogP contribution in [0.2, 0.25) is 5.02 Å². The standard InChI is InChI=1S/C14H10ClFO3/c1-19-14(18)8-2-3-12(13(16)6-8)9-4-10(15)7-11(17)5-9/h2-7,17H,1H3. The van der Waals surface area contributed by atoms with Crippen LogP contribution in [0.5, 0.6) is 5.75 Å². The van der Waals surface area contributed by atoms with Crippen LogP contribution >= 0.6 is 11.6 Å². The summed E-state index contributed by atoms with van der Waals surface area (Å²) in [7, 11) is 1.23. The van der Waals surface area contributed by atoms with Gasteiger partial charge in [-0.1, -0.05) is 17.7 Å². The highest BCUT2D eigenvalue weighted by atomic mass is 35.5. The van der Waals surface area contributed by atoms with Crippen molar-refractivity contribution >= 4 is 17.6 Å². The van der Waals surface area contributed by atoms with Gasteiger partial charge in [0.2, 0.25) is 0 Å². The maximum atomic E-state index is 14.0. The second kappa shape index (κ2) is 5.28. The first-order chi connectivity index (χ1) is 9.01. The first kappa shape index (κ1) is 13.4. The van der Waals surface area contributed by atoms with Crippen molar-refractivity contribution in [1.82, 2.24) is 0 Å². The Morgan fingerprint density at radius 2 is 2.00 bits per heavy atom. The fourth-order valence-electron chi connectivity index (χ4n) is 1.72. The van der Waals surface area contributed by atoms with E-state index in [2.05, 4.69) is 4.74 Å². The summed E-state index contributed by atoms with van der Waals surface area (Å²) >= 11 is 5.80. The Morgan fingerprint density at radius 1 is 1.26 bits per heavy atom. The number of rotatable bonds is 2. The molecule has 5 heteroatoms. The first-order valence-corrected chi connectivity index (χ1v) is 5.77. The van der Waals surface area contributed by atoms with E-state index in [9.17, 15) is 14.3 Å². The monoisotopic (exact) mass is 280 g/mol. The minimum Gasteiger partial charge on any atom is -0.508 e. The van der Waals surface area contributed by atoms with Gasteiger partial charge in [0, 0.05) is 10.6 Å². The second-order valence-corrected chi connectivity index (χ2v) is 4.32. The molecule has 2 aromatic rings. The number of hydrogen-bond donors (Lipinski definition) is 1. The Hall–Kier alpha value is -2.07. The lowest BCUT2D eigenvalue weighted by molar-refractivity contribution is 0.0600. The molecular weight excluding hydrogens is 271 g/mol. The van der Waals surface area contributed by atoms with Crippen LogP contribution in [-0.2, 0) is 4.74 Å². The maximum Gasteiger partial charge on any atom is 0.337 e. The zero-order valence-corrected chi connectivity index (χ0v) is 10.7. The molecule has 0 saturated heterocycles. The molecule has 0 unspecified atom stereocenters. The number of aromatic hydroxyl groups is 1. The van der Waals surface area contributed by atoms with Gasteiger partial charge < -0.3 is 9.84 Å². The minimum absolute atomic E-state index is 0.0565. The lowest BCUT2D eigenvalue weighted by Gasteiger charge is -2.07. The fourth-order valence-corrected chi connectivity index (χ4v) is 1.95. The van der Waals surface area contributed by atoms with Gasteiger partial charge in [-0.2, -0.15) is 0 Å². The van der Waals surface area contributed by atoms with Crippen molar-refractivity contribution in [3.05, 3.63) is 52.8 Å². The van der Waals surface area contributed by atoms with Crippen LogP contribution in [0.1, 0.15) is 10.4 Å². The molecule has 0 amide bonds. The Bertz CT molecular complexity index is 620. The molecule has 2 rings (SSSR count). The van der Waals surface area contributed by atoms with Gasteiger partial charge in [-0.25, -0.2) is 9.18 Å². The van der Waals surface area contributed by atoms with Crippen molar-refractivity contribution in [2.75, 3.05) is 7.11 Å². The van der Waals surface area contributed by atoms with Crippen molar-refractivity contribution in [2.24, 2.45) is 0 Å². The summed E-state index contributed by atoms with van der Waals surface area (Å²) in [6.07, 6.45) is 0. The molecule has 0 saturated carbocycles. The zero-order chi connectivity index (χ0) is 14.0. The van der Waals surface area contributed by atoms with Crippen LogP contribution in [-0.4, -0.2) is 18.2 Å². The van der Waals surface area contributed by atoms with Crippen LogP contribution in [0.3, 0.4) is 0 Å². The van der Waals surface area contributed by atoms with Crippen molar-refractivity contribution in [3.63, 3.8) is 0 Å². The average Bonchev–Trinajstić information content (AvgIpc) is 2.36. The number of esters is 1. The number of halogens is 2. The van der Waals surface area contributed by atoms with Gasteiger partial charge in [-0.3, -0.25) is 0 Å². The summed E-state index contributed by atoms with van der Waals surface area (Å²) in [4.78, 5) is 11.3. The van der Waals surface area contributed by atoms with Crippen molar-refractivity contribution in [1.29, 1.82) is 0 Å². The Balaban J connectivity index is 2.49. The van der Waals surface area contributed by atoms with Gasteiger partial charge in [0.15, 0.2) is 0 Å². The maximum absolute atomic E-state index is 14.0. The molecule has 0 atom stereocenters. The predicted molar refractivity (Wildman–Crippen MR) is 69.9 cm³/mol. The molecule has 0 aromatic heterocycles. The molecule has 0 aliphatic heterocycles. The van der Waals surface area contributed by atoms with Crippen molar-refractivity contribution in [3.8, 4) is 16.9 Å². The zero-order valence-electron chi connectivity index (χ0n) is 9.98. The first-order valence-electron chi connectivity index (χ1n) is 5.39. The Kier molecular flexibility index (Phi) is 3.71. The molecule has 0 fully saturated rings. The lowest BCUT2D eigenvalue weighted by atomic mass is 10.0. The second-order valence-electron chi connectivity index (χ2n) is 3.88. The van der Waals surface area contributed by atoms with E-state index in [1.165, 1.54) is 37.4 Å². The number of carbonyl (C=O) groups is 1. The minimum atomic E-state index is -0.612. The van der Waals surface area contributed by atoms with Gasteiger partial charge >= 0.3 is 5.97 Å². The van der Waals surface area contributed by atoms with E-state index in [1.807, 2.05) is 0 Å². The molecule has 0 aliphatic carbocycles. The van der Waals surface area contributed by atoms with E-state index in [0.717, 1.165) is 6.07 Å². The summed E-state index contributed by atoms with van der Waals surface area (Å²) in [6.45, 7) is 0. The topological polar surface area (TPSA) is 46.5 Å². The SMILES string of the molecule is COC(=O)c1ccc(-c2cc(O)cc(Cl)c2)c(F)c1. The summed E-state index contributed by atoms with van der Waals surface area (Å²) in [6, 6.07) is 8.24. The molecule has 0 radical (unpaired) electrons. The summed E-state index contributed by atoms with van der Waals surface area (Å²) in [5.41, 5.74) is 0.791. The Labute approximate surface area is 114 Å². The molecule has 3 nitrogen and oxygen atoms in total. The predicted octanol–water partition coefficient (Wildman–Crippen LogP) is 3.64. The normalized spacial score (nSPS) is 10.3. The van der Waals surface area contributed by atoms with Gasteiger partial charge in [0.25, 0.3) is 0 Å². The van der Waals surface area contributed by atoms with Gasteiger partial charge in [-0.15, -0.1) is 0 Å². The van der Waals surface area contributed by atoms with Crippen LogP contribution in [0.15, 0.2) is 36.4 Å². The number of carbonyl (C=O) groups excluding carboxylic acids is 1. The number of ether oxygens (including phenoxy) is 1. The fraction of sp³-hybridized carbons (Fsp3) is 0.0714. The third-order valence-corrected chi connectivity index (χ3v) is 2.80. The molecule has 1 N–H and O–H groups in total. The summed E-state index contributed by atoms with van der Waals surface area (Å²) in [5, 5.41) is 9.74. The molecule has 0 bridgehead atoms. The van der Waals surface area contributed by atoms with Crippen molar-refractivity contribution in [2.45, 2.75) is 0 Å². The Morgan fingerprint density at radius 3 is 2.58 bits per heavy atom. The van der Waals surface area contributed by atoms with E-state index in [1.54, 1.807) is 0 Å². The summed E-state index contributed by atoms with van der Waals surface area (Å²) in [5.74, 6) is -1.26. The van der Waals surface area contributed by atoms with E-state index in [0.29, 0.717) is 10.6 Å². The number of benzene rings is 2. The van der Waals surface area contributed by atoms with Crippen LogP contribution in [0.25, 0.3) is 11.1 Å². The van der Waals surface area contributed by atoms with Gasteiger partial charge in [0.05, 0.1) is 12.7 Å². The molecule has 19 heavy (non-hydrogen) atoms. The van der Waals surface area contributed by atoms with Crippen LogP contribution in [0, 0.1) is 5.82 Å². The highest BCUT2D eigenvalue weighted by Gasteiger charge is 2.12. The van der Waals surface area contributed by atoms with Crippen molar-refractivity contribution < 1.29 is 19.0 Å². The largest absolute Gasteiger partial charge is 0.508 e. The van der Waals surface area contributed by atoms with E-state index in [-0.39, 0.29) is 16.9 Å². The molecule has 0 heterocycles. The van der Waals surface area contributed by atoms with Gasteiger partial charge in [0.1, 0.15) is 11.6 Å². The molecule has 0 aliphatic rings. The number of hydrogen-bond acceptors (Lipinski definition) is 3. The highest BCUT2D eigenvalue weighted by molar-refractivity contribution is 6.31. The quantitative estimate of drug-likeness (QED) is 0.854. The third-order valence-electron chi connectivity index (χ3n) is 2.58. The lowest BCUT2D eigenvalue weighted by Crippen LogP contribution is -2.01. The molecule has 98 valence electrons. The molecular formula is C14H10ClFO3. The number of phenolic OH excluding ortho intramolecular Hbond substituents is 1. The average molecular weight is 281 g/mol. The summed E-state index contributed by atoms with van der Waals surface area (Å²) < 4.78 is 18.5. The van der Waals surface area contributed by atoms with Crippen LogP contribution < -0.4 is 0 Å². The van der Waals surface area contributed by atoms with E-state index >= 15 is 0 Å². The van der Waals surface area contributed by atoms with Crippen LogP contribution in [0.4, 0.5) is 4.39 Å². The smallest absolute Gasteiger partial charge is 0.337 e. The van der Waals surface area contributed by atoms with E-state index < -0.39 is 11.8 Å². The molecule has 0 spiro atoms. The van der Waals surface area contributed by atoms with Gasteiger partial charge in [-0.05, 0) is 35.9 Å². The highest BCUT2D eigenvalue weighted by Crippen LogP contribution is 2.30. The van der Waals surface area contributed by atoms with E-state index in [4.69, 9.17) is 11.6 Å². The number of methoxy groups -OCH3 is 1. The number of phenols is 1.